The van der Waals surface area contributed by atoms with Crippen LogP contribution in [-0.4, -0.2) is 23.3 Å². The molecule has 0 saturated heterocycles. The zero-order valence-electron chi connectivity index (χ0n) is 8.79. The highest BCUT2D eigenvalue weighted by Crippen LogP contribution is 2.26. The van der Waals surface area contributed by atoms with Crippen LogP contribution in [0.15, 0.2) is 23.1 Å². The molecule has 1 aromatic carbocycles. The maximum atomic E-state index is 8.71. The quantitative estimate of drug-likeness (QED) is 0.309. The second-order valence-corrected chi connectivity index (χ2v) is 4.40. The third-order valence-corrected chi connectivity index (χ3v) is 3.37. The Bertz CT molecular complexity index is 352. The van der Waals surface area contributed by atoms with Crippen LogP contribution in [0.3, 0.4) is 0 Å². The van der Waals surface area contributed by atoms with E-state index >= 15 is 0 Å². The first kappa shape index (κ1) is 12.1. The fourth-order valence-electron chi connectivity index (χ4n) is 1.29. The van der Waals surface area contributed by atoms with E-state index in [4.69, 9.17) is 16.2 Å². The maximum absolute atomic E-state index is 8.71. The van der Waals surface area contributed by atoms with Crippen LogP contribution in [0.1, 0.15) is 17.5 Å². The Balaban J connectivity index is 2.87. The predicted molar refractivity (Wildman–Crippen MR) is 64.6 cm³/mol. The number of thioether (sulfide) groups is 1. The van der Waals surface area contributed by atoms with E-state index in [9.17, 15) is 0 Å². The predicted octanol–water partition coefficient (Wildman–Crippen LogP) is 1.75. The van der Waals surface area contributed by atoms with Gasteiger partial charge in [-0.15, -0.1) is 11.8 Å². The minimum Gasteiger partial charge on any atom is -0.396 e. The molecule has 3 nitrogen and oxygen atoms in total. The average molecular weight is 224 g/mol. The fourth-order valence-corrected chi connectivity index (χ4v) is 2.40. The van der Waals surface area contributed by atoms with E-state index in [-0.39, 0.29) is 12.4 Å². The molecule has 0 radical (unpaired) electrons. The highest BCUT2D eigenvalue weighted by Gasteiger charge is 2.07. The summed E-state index contributed by atoms with van der Waals surface area (Å²) in [5.41, 5.74) is 7.43. The summed E-state index contributed by atoms with van der Waals surface area (Å²) in [5, 5.41) is 16.2. The number of nitrogen functional groups attached to an aromatic ring is 1. The number of benzene rings is 1. The molecular weight excluding hydrogens is 208 g/mol. The lowest BCUT2D eigenvalue weighted by atomic mass is 10.1. The van der Waals surface area contributed by atoms with Gasteiger partial charge < -0.3 is 10.8 Å². The normalized spacial score (nSPS) is 10.3. The van der Waals surface area contributed by atoms with Crippen molar-refractivity contribution in [2.45, 2.75) is 18.2 Å². The third kappa shape index (κ3) is 3.25. The molecule has 82 valence electrons. The topological polar surface area (TPSA) is 70.1 Å². The second kappa shape index (κ2) is 5.78. The molecule has 4 N–H and O–H groups in total. The zero-order valence-corrected chi connectivity index (χ0v) is 9.60. The summed E-state index contributed by atoms with van der Waals surface area (Å²) in [6.07, 6.45) is 0.760. The van der Waals surface area contributed by atoms with Crippen molar-refractivity contribution >= 4 is 17.6 Å². The molecule has 0 aliphatic rings. The molecule has 1 rings (SSSR count). The summed E-state index contributed by atoms with van der Waals surface area (Å²) in [4.78, 5) is 1.05. The molecule has 0 bridgehead atoms. The molecule has 0 spiro atoms. The highest BCUT2D eigenvalue weighted by molar-refractivity contribution is 7.99. The molecule has 1 aromatic rings. The first-order chi connectivity index (χ1) is 7.16. The van der Waals surface area contributed by atoms with Crippen LogP contribution in [0, 0.1) is 12.3 Å². The van der Waals surface area contributed by atoms with E-state index < -0.39 is 0 Å². The molecule has 0 aliphatic carbocycles. The molecule has 4 heteroatoms. The number of aliphatic hydroxyl groups is 1. The van der Waals surface area contributed by atoms with Gasteiger partial charge in [-0.05, 0) is 18.9 Å². The standard InChI is InChI=1S/C11H16N2OS/c1-8-4-2-5-9(11(12)13)10(8)15-7-3-6-14/h2,4-5,14H,3,6-7H2,1H3,(H3,12,13). The molecule has 15 heavy (non-hydrogen) atoms. The van der Waals surface area contributed by atoms with E-state index in [2.05, 4.69) is 0 Å². The largest absolute Gasteiger partial charge is 0.396 e. The lowest BCUT2D eigenvalue weighted by molar-refractivity contribution is 0.296. The number of aryl methyl sites for hydroxylation is 1. The summed E-state index contributed by atoms with van der Waals surface area (Å²) in [5.74, 6) is 0.951. The number of rotatable bonds is 5. The van der Waals surface area contributed by atoms with Crippen LogP contribution < -0.4 is 5.73 Å². The molecular formula is C11H16N2OS. The van der Waals surface area contributed by atoms with Crippen LogP contribution >= 0.6 is 11.8 Å². The Labute approximate surface area is 94.2 Å². The molecule has 0 saturated carbocycles. The first-order valence-electron chi connectivity index (χ1n) is 4.84. The minimum atomic E-state index is 0.102. The molecule has 0 amide bonds. The van der Waals surface area contributed by atoms with Gasteiger partial charge in [0.1, 0.15) is 5.84 Å². The van der Waals surface area contributed by atoms with Crippen molar-refractivity contribution in [3.05, 3.63) is 29.3 Å². The average Bonchev–Trinajstić information content (AvgIpc) is 2.20. The Morgan fingerprint density at radius 3 is 2.87 bits per heavy atom. The monoisotopic (exact) mass is 224 g/mol. The summed E-state index contributed by atoms with van der Waals surface area (Å²) >= 11 is 1.65. The van der Waals surface area contributed by atoms with Crippen molar-refractivity contribution in [1.29, 1.82) is 5.41 Å². The van der Waals surface area contributed by atoms with Gasteiger partial charge in [0.2, 0.25) is 0 Å². The summed E-state index contributed by atoms with van der Waals surface area (Å²) in [6.45, 7) is 2.21. The number of nitrogens with one attached hydrogen (secondary N) is 1. The van der Waals surface area contributed by atoms with Crippen molar-refractivity contribution in [2.75, 3.05) is 12.4 Å². The van der Waals surface area contributed by atoms with Crippen molar-refractivity contribution in [3.63, 3.8) is 0 Å². The second-order valence-electron chi connectivity index (χ2n) is 3.29. The van der Waals surface area contributed by atoms with Gasteiger partial charge >= 0.3 is 0 Å². The fraction of sp³-hybridized carbons (Fsp3) is 0.364. The van der Waals surface area contributed by atoms with Gasteiger partial charge in [0.15, 0.2) is 0 Å². The van der Waals surface area contributed by atoms with Crippen LogP contribution in [0.25, 0.3) is 0 Å². The van der Waals surface area contributed by atoms with Gasteiger partial charge in [-0.25, -0.2) is 0 Å². The number of hydrogen-bond acceptors (Lipinski definition) is 3. The van der Waals surface area contributed by atoms with E-state index in [1.807, 2.05) is 25.1 Å². The lowest BCUT2D eigenvalue weighted by Crippen LogP contribution is -2.12. The van der Waals surface area contributed by atoms with Crippen molar-refractivity contribution < 1.29 is 5.11 Å². The summed E-state index contributed by atoms with van der Waals surface area (Å²) in [7, 11) is 0. The lowest BCUT2D eigenvalue weighted by Gasteiger charge is -2.10. The molecule has 0 heterocycles. The van der Waals surface area contributed by atoms with Gasteiger partial charge in [-0.2, -0.15) is 0 Å². The van der Waals surface area contributed by atoms with Crippen molar-refractivity contribution in [2.24, 2.45) is 5.73 Å². The van der Waals surface area contributed by atoms with Gasteiger partial charge in [0, 0.05) is 22.8 Å². The van der Waals surface area contributed by atoms with Crippen LogP contribution in [0.2, 0.25) is 0 Å². The van der Waals surface area contributed by atoms with Crippen LogP contribution in [0.4, 0.5) is 0 Å². The molecule has 0 atom stereocenters. The van der Waals surface area contributed by atoms with Gasteiger partial charge in [-0.3, -0.25) is 5.41 Å². The van der Waals surface area contributed by atoms with E-state index in [0.717, 1.165) is 28.2 Å². The van der Waals surface area contributed by atoms with Gasteiger partial charge in [0.25, 0.3) is 0 Å². The smallest absolute Gasteiger partial charge is 0.123 e. The molecule has 0 fully saturated rings. The van der Waals surface area contributed by atoms with Gasteiger partial charge in [0.05, 0.1) is 0 Å². The Kier molecular flexibility index (Phi) is 4.65. The molecule has 0 aliphatic heterocycles. The minimum absolute atomic E-state index is 0.102. The zero-order chi connectivity index (χ0) is 11.3. The molecule has 0 unspecified atom stereocenters. The van der Waals surface area contributed by atoms with Gasteiger partial charge in [-0.1, -0.05) is 18.2 Å². The SMILES string of the molecule is Cc1cccc(C(=N)N)c1SCCCO. The van der Waals surface area contributed by atoms with Crippen LogP contribution in [0.5, 0.6) is 0 Å². The maximum Gasteiger partial charge on any atom is 0.123 e. The van der Waals surface area contributed by atoms with Crippen molar-refractivity contribution in [1.82, 2.24) is 0 Å². The van der Waals surface area contributed by atoms with Crippen LogP contribution in [-0.2, 0) is 0 Å². The third-order valence-electron chi connectivity index (χ3n) is 2.05. The number of amidine groups is 1. The highest BCUT2D eigenvalue weighted by atomic mass is 32.2. The van der Waals surface area contributed by atoms with Crippen molar-refractivity contribution in [3.8, 4) is 0 Å². The Morgan fingerprint density at radius 1 is 1.53 bits per heavy atom. The Hall–Kier alpha value is -1.00. The van der Waals surface area contributed by atoms with E-state index in [1.165, 1.54) is 0 Å². The summed E-state index contributed by atoms with van der Waals surface area (Å²) < 4.78 is 0. The summed E-state index contributed by atoms with van der Waals surface area (Å²) in [6, 6.07) is 5.77. The molecule has 0 aromatic heterocycles. The first-order valence-corrected chi connectivity index (χ1v) is 5.83. The van der Waals surface area contributed by atoms with E-state index in [1.54, 1.807) is 11.8 Å². The number of aliphatic hydroxyl groups excluding tert-OH is 1. The number of nitrogens with two attached hydrogens (primary N) is 1. The number of hydrogen-bond donors (Lipinski definition) is 3. The van der Waals surface area contributed by atoms with E-state index in [0.29, 0.717) is 0 Å². The Morgan fingerprint density at radius 2 is 2.27 bits per heavy atom.